The van der Waals surface area contributed by atoms with E-state index in [9.17, 15) is 9.59 Å². The number of ether oxygens (including phenoxy) is 1. The Morgan fingerprint density at radius 1 is 1.13 bits per heavy atom. The van der Waals surface area contributed by atoms with Crippen LogP contribution in [0.5, 0.6) is 0 Å². The molecule has 0 bridgehead atoms. The fourth-order valence-corrected chi connectivity index (χ4v) is 3.78. The van der Waals surface area contributed by atoms with E-state index in [2.05, 4.69) is 10.2 Å². The predicted molar refractivity (Wildman–Crippen MR) is 115 cm³/mol. The van der Waals surface area contributed by atoms with E-state index in [0.717, 1.165) is 22.2 Å². The molecule has 0 saturated carbocycles. The van der Waals surface area contributed by atoms with Gasteiger partial charge in [0.1, 0.15) is 11.1 Å². The molecule has 0 radical (unpaired) electrons. The molecule has 2 heterocycles. The lowest BCUT2D eigenvalue weighted by atomic mass is 9.91. The standard InChI is InChI=1S/C24H22N2O4/c1-5-29-22(27)17-8-6-16(7-9-17)21-15(3)19-11-10-18(12-20(19)30-23(21)28)24(4)13-14(2)25-26-24/h6-13H,5H2,1-4H3. The minimum Gasteiger partial charge on any atom is -0.462 e. The first kappa shape index (κ1) is 19.8. The maximum absolute atomic E-state index is 12.8. The zero-order valence-corrected chi connectivity index (χ0v) is 17.4. The van der Waals surface area contributed by atoms with Crippen LogP contribution in [0.25, 0.3) is 22.1 Å². The number of hydrogen-bond acceptors (Lipinski definition) is 6. The molecule has 0 aliphatic carbocycles. The van der Waals surface area contributed by atoms with Crippen molar-refractivity contribution in [3.8, 4) is 11.1 Å². The summed E-state index contributed by atoms with van der Waals surface area (Å²) in [6.07, 6.45) is 1.98. The molecule has 0 fully saturated rings. The molecule has 3 aromatic rings. The smallest absolute Gasteiger partial charge is 0.344 e. The molecule has 1 aliphatic heterocycles. The van der Waals surface area contributed by atoms with Gasteiger partial charge in [0.25, 0.3) is 0 Å². The maximum atomic E-state index is 12.8. The van der Waals surface area contributed by atoms with Gasteiger partial charge in [-0.25, -0.2) is 9.59 Å². The summed E-state index contributed by atoms with van der Waals surface area (Å²) in [5.74, 6) is -0.388. The number of rotatable bonds is 4. The van der Waals surface area contributed by atoms with Crippen LogP contribution >= 0.6 is 0 Å². The Morgan fingerprint density at radius 3 is 2.50 bits per heavy atom. The quantitative estimate of drug-likeness (QED) is 0.424. The highest BCUT2D eigenvalue weighted by Crippen LogP contribution is 2.36. The number of esters is 1. The van der Waals surface area contributed by atoms with Crippen LogP contribution < -0.4 is 5.63 Å². The summed E-state index contributed by atoms with van der Waals surface area (Å²) in [5.41, 5.74) is 3.72. The lowest BCUT2D eigenvalue weighted by molar-refractivity contribution is 0.0526. The van der Waals surface area contributed by atoms with Gasteiger partial charge in [0.15, 0.2) is 0 Å². The van der Waals surface area contributed by atoms with Gasteiger partial charge in [0.2, 0.25) is 0 Å². The topological polar surface area (TPSA) is 81.2 Å². The molecule has 0 amide bonds. The monoisotopic (exact) mass is 402 g/mol. The molecular weight excluding hydrogens is 380 g/mol. The number of azo groups is 1. The van der Waals surface area contributed by atoms with E-state index in [-0.39, 0.29) is 5.97 Å². The van der Waals surface area contributed by atoms with Crippen LogP contribution in [0, 0.1) is 6.92 Å². The van der Waals surface area contributed by atoms with Gasteiger partial charge in [-0.05, 0) is 68.7 Å². The van der Waals surface area contributed by atoms with Crippen LogP contribution in [0.1, 0.15) is 42.3 Å². The minimum atomic E-state index is -0.563. The molecule has 152 valence electrons. The first-order valence-electron chi connectivity index (χ1n) is 9.80. The van der Waals surface area contributed by atoms with E-state index in [1.165, 1.54) is 0 Å². The second kappa shape index (κ2) is 7.37. The summed E-state index contributed by atoms with van der Waals surface area (Å²) in [7, 11) is 0. The van der Waals surface area contributed by atoms with Gasteiger partial charge in [-0.3, -0.25) is 0 Å². The summed E-state index contributed by atoms with van der Waals surface area (Å²) >= 11 is 0. The molecule has 1 aromatic heterocycles. The van der Waals surface area contributed by atoms with Crippen LogP contribution in [-0.4, -0.2) is 12.6 Å². The summed E-state index contributed by atoms with van der Waals surface area (Å²) in [4.78, 5) is 24.7. The van der Waals surface area contributed by atoms with Crippen molar-refractivity contribution in [1.82, 2.24) is 0 Å². The summed E-state index contributed by atoms with van der Waals surface area (Å²) in [6.45, 7) is 7.84. The van der Waals surface area contributed by atoms with Crippen molar-refractivity contribution < 1.29 is 13.9 Å². The molecule has 1 atom stereocenters. The third kappa shape index (κ3) is 3.34. The number of fused-ring (bicyclic) bond motifs is 1. The highest BCUT2D eigenvalue weighted by atomic mass is 16.5. The molecule has 0 spiro atoms. The maximum Gasteiger partial charge on any atom is 0.344 e. The van der Waals surface area contributed by atoms with Crippen LogP contribution in [0.15, 0.2) is 73.7 Å². The van der Waals surface area contributed by atoms with E-state index >= 15 is 0 Å². The molecule has 1 unspecified atom stereocenters. The van der Waals surface area contributed by atoms with Gasteiger partial charge in [-0.15, -0.1) is 0 Å². The number of carbonyl (C=O) groups excluding carboxylic acids is 1. The van der Waals surface area contributed by atoms with Crippen LogP contribution in [0.2, 0.25) is 0 Å². The number of hydrogen-bond donors (Lipinski definition) is 0. The third-order valence-electron chi connectivity index (χ3n) is 5.34. The van der Waals surface area contributed by atoms with E-state index in [1.807, 2.05) is 45.0 Å². The average Bonchev–Trinajstić information content (AvgIpc) is 3.08. The first-order chi connectivity index (χ1) is 14.3. The summed E-state index contributed by atoms with van der Waals surface area (Å²) < 4.78 is 10.7. The van der Waals surface area contributed by atoms with Gasteiger partial charge in [-0.2, -0.15) is 10.2 Å². The van der Waals surface area contributed by atoms with E-state index < -0.39 is 11.2 Å². The molecular formula is C24H22N2O4. The van der Waals surface area contributed by atoms with Gasteiger partial charge in [-0.1, -0.05) is 24.3 Å². The van der Waals surface area contributed by atoms with Crippen molar-refractivity contribution in [3.63, 3.8) is 0 Å². The Hall–Kier alpha value is -3.54. The van der Waals surface area contributed by atoms with Gasteiger partial charge < -0.3 is 9.15 Å². The normalized spacial score (nSPS) is 17.9. The molecule has 0 saturated heterocycles. The minimum absolute atomic E-state index is 0.311. The average molecular weight is 402 g/mol. The largest absolute Gasteiger partial charge is 0.462 e. The number of aryl methyl sites for hydroxylation is 1. The van der Waals surface area contributed by atoms with Crippen molar-refractivity contribution in [2.24, 2.45) is 10.2 Å². The Kier molecular flexibility index (Phi) is 4.86. The summed E-state index contributed by atoms with van der Waals surface area (Å²) in [5, 5.41) is 9.32. The predicted octanol–water partition coefficient (Wildman–Crippen LogP) is 5.53. The number of nitrogens with zero attached hydrogens (tertiary/aromatic N) is 2. The zero-order chi connectivity index (χ0) is 21.5. The van der Waals surface area contributed by atoms with Crippen LogP contribution in [-0.2, 0) is 10.3 Å². The Morgan fingerprint density at radius 2 is 1.87 bits per heavy atom. The van der Waals surface area contributed by atoms with E-state index in [0.29, 0.717) is 28.9 Å². The Labute approximate surface area is 173 Å². The van der Waals surface area contributed by atoms with Crippen molar-refractivity contribution >= 4 is 16.9 Å². The second-order valence-electron chi connectivity index (χ2n) is 7.53. The number of benzene rings is 2. The molecule has 0 N–H and O–H groups in total. The lowest BCUT2D eigenvalue weighted by Crippen LogP contribution is -2.14. The van der Waals surface area contributed by atoms with Gasteiger partial charge >= 0.3 is 11.6 Å². The molecule has 4 rings (SSSR count). The molecule has 6 heteroatoms. The molecule has 30 heavy (non-hydrogen) atoms. The molecule has 1 aliphatic rings. The molecule has 2 aromatic carbocycles. The van der Waals surface area contributed by atoms with Gasteiger partial charge in [0.05, 0.1) is 23.4 Å². The van der Waals surface area contributed by atoms with Crippen molar-refractivity contribution in [3.05, 3.63) is 81.3 Å². The number of allylic oxidation sites excluding steroid dienone is 1. The highest BCUT2D eigenvalue weighted by Gasteiger charge is 2.28. The number of carbonyl (C=O) groups is 1. The summed E-state index contributed by atoms with van der Waals surface area (Å²) in [6, 6.07) is 12.6. The second-order valence-corrected chi connectivity index (χ2v) is 7.53. The van der Waals surface area contributed by atoms with E-state index in [1.54, 1.807) is 31.2 Å². The lowest BCUT2D eigenvalue weighted by Gasteiger charge is -2.18. The first-order valence-corrected chi connectivity index (χ1v) is 9.80. The zero-order valence-electron chi connectivity index (χ0n) is 17.4. The van der Waals surface area contributed by atoms with Crippen molar-refractivity contribution in [2.45, 2.75) is 33.2 Å². The third-order valence-corrected chi connectivity index (χ3v) is 5.34. The SMILES string of the molecule is CCOC(=O)c1ccc(-c2c(C)c3ccc(C4(C)C=C(C)N=N4)cc3oc2=O)cc1. The van der Waals surface area contributed by atoms with Gasteiger partial charge in [0, 0.05) is 5.39 Å². The fourth-order valence-electron chi connectivity index (χ4n) is 3.78. The fraction of sp³-hybridized carbons (Fsp3) is 0.250. The Balaban J connectivity index is 1.78. The highest BCUT2D eigenvalue weighted by molar-refractivity contribution is 5.91. The van der Waals surface area contributed by atoms with Crippen molar-refractivity contribution in [2.75, 3.05) is 6.61 Å². The Bertz CT molecular complexity index is 1270. The molecule has 6 nitrogen and oxygen atoms in total. The van der Waals surface area contributed by atoms with Crippen LogP contribution in [0.3, 0.4) is 0 Å². The van der Waals surface area contributed by atoms with E-state index in [4.69, 9.17) is 9.15 Å². The van der Waals surface area contributed by atoms with Crippen LogP contribution in [0.4, 0.5) is 0 Å². The van der Waals surface area contributed by atoms with Crippen molar-refractivity contribution in [1.29, 1.82) is 0 Å².